The highest BCUT2D eigenvalue weighted by Gasteiger charge is 2.29. The zero-order valence-corrected chi connectivity index (χ0v) is 20.1. The van der Waals surface area contributed by atoms with Gasteiger partial charge >= 0.3 is 0 Å². The number of hydrogen-bond acceptors (Lipinski definition) is 4. The summed E-state index contributed by atoms with van der Waals surface area (Å²) in [6.07, 6.45) is 1.32. The molecule has 2 aromatic carbocycles. The Balaban J connectivity index is 2.25. The average Bonchev–Trinajstić information content (AvgIpc) is 2.78. The molecule has 0 saturated heterocycles. The van der Waals surface area contributed by atoms with E-state index < -0.39 is 6.04 Å². The molecule has 2 amide bonds. The highest BCUT2D eigenvalue weighted by Crippen LogP contribution is 2.20. The molecule has 0 aliphatic carbocycles. The lowest BCUT2D eigenvalue weighted by molar-refractivity contribution is -0.143. The lowest BCUT2D eigenvalue weighted by Gasteiger charge is -2.31. The fraction of sp³-hybridized carbons (Fsp3) is 0.462. The molecule has 2 atom stereocenters. The number of nitrogens with zero attached hydrogens (tertiary/aromatic N) is 1. The molecule has 2 aromatic rings. The zero-order chi connectivity index (χ0) is 23.7. The highest BCUT2D eigenvalue weighted by atomic mass is 16.5. The number of carbonyl (C=O) groups is 2. The molecule has 0 unspecified atom stereocenters. The Morgan fingerprint density at radius 3 is 2.44 bits per heavy atom. The SMILES string of the molecule is CC[C@H](C(=O)N[C@@H](C)CC)N(Cc1cccc(OC)c1)C(=O)COc1ccc(C)cc1C. The van der Waals surface area contributed by atoms with Crippen LogP contribution in [0.4, 0.5) is 0 Å². The van der Waals surface area contributed by atoms with E-state index in [9.17, 15) is 9.59 Å². The first-order valence-corrected chi connectivity index (χ1v) is 11.2. The van der Waals surface area contributed by atoms with Gasteiger partial charge in [-0.1, -0.05) is 43.7 Å². The van der Waals surface area contributed by atoms with Crippen LogP contribution >= 0.6 is 0 Å². The van der Waals surface area contributed by atoms with Crippen LogP contribution in [0.1, 0.15) is 50.3 Å². The number of amides is 2. The Kier molecular flexibility index (Phi) is 9.57. The predicted molar refractivity (Wildman–Crippen MR) is 127 cm³/mol. The second kappa shape index (κ2) is 12.1. The number of rotatable bonds is 11. The van der Waals surface area contributed by atoms with Gasteiger partial charge in [-0.2, -0.15) is 0 Å². The summed E-state index contributed by atoms with van der Waals surface area (Å²) >= 11 is 0. The molecular weight excluding hydrogens is 404 g/mol. The molecule has 0 aliphatic heterocycles. The van der Waals surface area contributed by atoms with Crippen LogP contribution in [-0.4, -0.2) is 42.5 Å². The molecule has 0 aromatic heterocycles. The summed E-state index contributed by atoms with van der Waals surface area (Å²) in [5.41, 5.74) is 2.99. The predicted octanol–water partition coefficient (Wildman–Crippen LogP) is 4.41. The van der Waals surface area contributed by atoms with E-state index in [2.05, 4.69) is 5.32 Å². The number of methoxy groups -OCH3 is 1. The number of benzene rings is 2. The smallest absolute Gasteiger partial charge is 0.261 e. The third-order valence-corrected chi connectivity index (χ3v) is 5.56. The minimum Gasteiger partial charge on any atom is -0.497 e. The first-order valence-electron chi connectivity index (χ1n) is 11.2. The van der Waals surface area contributed by atoms with E-state index in [4.69, 9.17) is 9.47 Å². The van der Waals surface area contributed by atoms with Gasteiger partial charge in [0.05, 0.1) is 7.11 Å². The number of ether oxygens (including phenoxy) is 2. The van der Waals surface area contributed by atoms with Crippen molar-refractivity contribution in [3.05, 3.63) is 59.2 Å². The van der Waals surface area contributed by atoms with Crippen molar-refractivity contribution in [3.63, 3.8) is 0 Å². The molecule has 0 bridgehead atoms. The molecular formula is C26H36N2O4. The quantitative estimate of drug-likeness (QED) is 0.562. The third-order valence-electron chi connectivity index (χ3n) is 5.56. The standard InChI is InChI=1S/C26H36N2O4/c1-7-20(5)27-26(30)23(8-2)28(16-21-10-9-11-22(15-21)31-6)25(29)17-32-24-13-12-18(3)14-19(24)4/h9-15,20,23H,7-8,16-17H2,1-6H3,(H,27,30)/t20-,23+/m0/s1. The van der Waals surface area contributed by atoms with Crippen LogP contribution in [0.5, 0.6) is 11.5 Å². The highest BCUT2D eigenvalue weighted by molar-refractivity contribution is 5.88. The van der Waals surface area contributed by atoms with Crippen molar-refractivity contribution in [3.8, 4) is 11.5 Å². The first-order chi connectivity index (χ1) is 15.3. The topological polar surface area (TPSA) is 67.9 Å². The number of hydrogen-bond donors (Lipinski definition) is 1. The maximum absolute atomic E-state index is 13.3. The largest absolute Gasteiger partial charge is 0.497 e. The second-order valence-electron chi connectivity index (χ2n) is 8.17. The van der Waals surface area contributed by atoms with Gasteiger partial charge < -0.3 is 19.7 Å². The lowest BCUT2D eigenvalue weighted by atomic mass is 10.1. The molecule has 6 heteroatoms. The van der Waals surface area contributed by atoms with Crippen LogP contribution in [0.2, 0.25) is 0 Å². The van der Waals surface area contributed by atoms with Crippen molar-refractivity contribution in [2.24, 2.45) is 0 Å². The second-order valence-corrected chi connectivity index (χ2v) is 8.17. The van der Waals surface area contributed by atoms with E-state index in [1.165, 1.54) is 0 Å². The Bertz CT molecular complexity index is 912. The number of nitrogens with one attached hydrogen (secondary N) is 1. The van der Waals surface area contributed by atoms with E-state index >= 15 is 0 Å². The van der Waals surface area contributed by atoms with Gasteiger partial charge in [0.15, 0.2) is 6.61 Å². The van der Waals surface area contributed by atoms with Crippen LogP contribution < -0.4 is 14.8 Å². The Morgan fingerprint density at radius 1 is 1.06 bits per heavy atom. The molecule has 0 heterocycles. The van der Waals surface area contributed by atoms with E-state index in [1.807, 2.05) is 77.1 Å². The molecule has 0 saturated carbocycles. The van der Waals surface area contributed by atoms with Gasteiger partial charge in [-0.15, -0.1) is 0 Å². The summed E-state index contributed by atoms with van der Waals surface area (Å²) in [6.45, 7) is 10.0. The van der Waals surface area contributed by atoms with Crippen molar-refractivity contribution < 1.29 is 19.1 Å². The van der Waals surface area contributed by atoms with Gasteiger partial charge in [0.2, 0.25) is 5.91 Å². The van der Waals surface area contributed by atoms with Gasteiger partial charge in [0.25, 0.3) is 5.91 Å². The molecule has 32 heavy (non-hydrogen) atoms. The van der Waals surface area contributed by atoms with Gasteiger partial charge in [0, 0.05) is 12.6 Å². The van der Waals surface area contributed by atoms with Crippen molar-refractivity contribution in [2.75, 3.05) is 13.7 Å². The summed E-state index contributed by atoms with van der Waals surface area (Å²) in [4.78, 5) is 27.9. The molecule has 0 spiro atoms. The van der Waals surface area contributed by atoms with Crippen LogP contribution in [0, 0.1) is 13.8 Å². The lowest BCUT2D eigenvalue weighted by Crippen LogP contribution is -2.51. The molecule has 0 fully saturated rings. The first kappa shape index (κ1) is 25.2. The van der Waals surface area contributed by atoms with Crippen LogP contribution in [-0.2, 0) is 16.1 Å². The van der Waals surface area contributed by atoms with Gasteiger partial charge in [0.1, 0.15) is 17.5 Å². The van der Waals surface area contributed by atoms with Crippen molar-refractivity contribution >= 4 is 11.8 Å². The Labute approximate surface area is 191 Å². The molecule has 0 radical (unpaired) electrons. The summed E-state index contributed by atoms with van der Waals surface area (Å²) in [5, 5.41) is 3.02. The van der Waals surface area contributed by atoms with E-state index in [1.54, 1.807) is 12.0 Å². The Morgan fingerprint density at radius 2 is 1.81 bits per heavy atom. The third kappa shape index (κ3) is 7.01. The minimum absolute atomic E-state index is 0.0387. The summed E-state index contributed by atoms with van der Waals surface area (Å²) in [6, 6.07) is 12.8. The van der Waals surface area contributed by atoms with Crippen LogP contribution in [0.15, 0.2) is 42.5 Å². The molecule has 2 rings (SSSR count). The normalized spacial score (nSPS) is 12.6. The number of aryl methyl sites for hydroxylation is 2. The van der Waals surface area contributed by atoms with E-state index in [0.717, 1.165) is 23.1 Å². The van der Waals surface area contributed by atoms with Crippen LogP contribution in [0.25, 0.3) is 0 Å². The van der Waals surface area contributed by atoms with E-state index in [-0.39, 0.29) is 24.5 Å². The molecule has 0 aliphatic rings. The monoisotopic (exact) mass is 440 g/mol. The molecule has 174 valence electrons. The molecule has 6 nitrogen and oxygen atoms in total. The summed E-state index contributed by atoms with van der Waals surface area (Å²) in [5.74, 6) is 0.990. The maximum Gasteiger partial charge on any atom is 0.261 e. The Hall–Kier alpha value is -3.02. The summed E-state index contributed by atoms with van der Waals surface area (Å²) in [7, 11) is 1.61. The average molecular weight is 441 g/mol. The van der Waals surface area contributed by atoms with Crippen molar-refractivity contribution in [1.29, 1.82) is 0 Å². The molecule has 1 N–H and O–H groups in total. The zero-order valence-electron chi connectivity index (χ0n) is 20.1. The van der Waals surface area contributed by atoms with E-state index in [0.29, 0.717) is 24.5 Å². The number of carbonyl (C=O) groups excluding carboxylic acids is 2. The fourth-order valence-electron chi connectivity index (χ4n) is 3.51. The van der Waals surface area contributed by atoms with Crippen molar-refractivity contribution in [1.82, 2.24) is 10.2 Å². The summed E-state index contributed by atoms with van der Waals surface area (Å²) < 4.78 is 11.2. The van der Waals surface area contributed by atoms with Crippen LogP contribution in [0.3, 0.4) is 0 Å². The van der Waals surface area contributed by atoms with Crippen molar-refractivity contribution in [2.45, 2.75) is 66.1 Å². The van der Waals surface area contributed by atoms with Gasteiger partial charge in [-0.3, -0.25) is 9.59 Å². The minimum atomic E-state index is -0.592. The van der Waals surface area contributed by atoms with Gasteiger partial charge in [-0.25, -0.2) is 0 Å². The van der Waals surface area contributed by atoms with Gasteiger partial charge in [-0.05, 0) is 62.9 Å². The fourth-order valence-corrected chi connectivity index (χ4v) is 3.51. The maximum atomic E-state index is 13.3.